The van der Waals surface area contributed by atoms with Crippen LogP contribution in [0.3, 0.4) is 0 Å². The monoisotopic (exact) mass is 222 g/mol. The first-order valence-corrected chi connectivity index (χ1v) is 6.53. The molecule has 1 aromatic carbocycles. The highest BCUT2D eigenvalue weighted by Crippen LogP contribution is 2.32. The van der Waals surface area contributed by atoms with E-state index < -0.39 is 0 Å². The summed E-state index contributed by atoms with van der Waals surface area (Å²) >= 11 is 0. The highest BCUT2D eigenvalue weighted by atomic mass is 19.1. The molecule has 0 radical (unpaired) electrons. The van der Waals surface area contributed by atoms with E-state index in [0.717, 1.165) is 0 Å². The van der Waals surface area contributed by atoms with Crippen molar-refractivity contribution in [3.8, 4) is 0 Å². The standard InChI is InChI=1S/C12H15F.C3H8/c13-12-8-6-11(7-9-12)10-4-2-1-3-5-10;1-3-2/h6-10H,1-5H2;3H2,1-2H3. The highest BCUT2D eigenvalue weighted by molar-refractivity contribution is 5.20. The molecular formula is C15H23F. The third kappa shape index (κ3) is 4.34. The van der Waals surface area contributed by atoms with E-state index in [2.05, 4.69) is 13.8 Å². The van der Waals surface area contributed by atoms with Gasteiger partial charge < -0.3 is 0 Å². The van der Waals surface area contributed by atoms with Crippen molar-refractivity contribution in [1.82, 2.24) is 0 Å². The molecule has 1 aliphatic rings. The second-order valence-corrected chi connectivity index (χ2v) is 4.59. The van der Waals surface area contributed by atoms with E-state index in [4.69, 9.17) is 0 Å². The number of benzene rings is 1. The number of rotatable bonds is 1. The Bertz CT molecular complexity index is 270. The fraction of sp³-hybridized carbons (Fsp3) is 0.600. The van der Waals surface area contributed by atoms with Crippen LogP contribution in [-0.4, -0.2) is 0 Å². The maximum atomic E-state index is 12.7. The molecule has 1 aromatic rings. The molecule has 16 heavy (non-hydrogen) atoms. The lowest BCUT2D eigenvalue weighted by atomic mass is 9.84. The van der Waals surface area contributed by atoms with Gasteiger partial charge in [-0.25, -0.2) is 4.39 Å². The van der Waals surface area contributed by atoms with E-state index in [1.807, 2.05) is 12.1 Å². The van der Waals surface area contributed by atoms with Gasteiger partial charge >= 0.3 is 0 Å². The van der Waals surface area contributed by atoms with Gasteiger partial charge in [-0.1, -0.05) is 51.7 Å². The number of halogens is 1. The smallest absolute Gasteiger partial charge is 0.123 e. The van der Waals surface area contributed by atoms with E-state index in [9.17, 15) is 4.39 Å². The van der Waals surface area contributed by atoms with Gasteiger partial charge in [-0.05, 0) is 36.5 Å². The third-order valence-electron chi connectivity index (χ3n) is 2.95. The summed E-state index contributed by atoms with van der Waals surface area (Å²) in [6, 6.07) is 7.02. The predicted octanol–water partition coefficient (Wildman–Crippen LogP) is 5.29. The van der Waals surface area contributed by atoms with Gasteiger partial charge in [-0.15, -0.1) is 0 Å². The van der Waals surface area contributed by atoms with Crippen molar-refractivity contribution in [3.05, 3.63) is 35.6 Å². The lowest BCUT2D eigenvalue weighted by Crippen LogP contribution is -2.04. The van der Waals surface area contributed by atoms with Crippen molar-refractivity contribution in [2.45, 2.75) is 58.3 Å². The molecule has 0 atom stereocenters. The summed E-state index contributed by atoms with van der Waals surface area (Å²) in [4.78, 5) is 0. The maximum absolute atomic E-state index is 12.7. The minimum absolute atomic E-state index is 0.125. The van der Waals surface area contributed by atoms with Crippen LogP contribution in [0.4, 0.5) is 4.39 Å². The van der Waals surface area contributed by atoms with Gasteiger partial charge in [-0.3, -0.25) is 0 Å². The van der Waals surface area contributed by atoms with E-state index in [1.54, 1.807) is 12.1 Å². The first-order valence-electron chi connectivity index (χ1n) is 6.53. The van der Waals surface area contributed by atoms with Crippen LogP contribution >= 0.6 is 0 Å². The summed E-state index contributed by atoms with van der Waals surface area (Å²) in [5, 5.41) is 0. The number of hydrogen-bond acceptors (Lipinski definition) is 0. The van der Waals surface area contributed by atoms with E-state index in [1.165, 1.54) is 44.1 Å². The third-order valence-corrected chi connectivity index (χ3v) is 2.95. The molecule has 1 aliphatic carbocycles. The normalized spacial score (nSPS) is 16.4. The van der Waals surface area contributed by atoms with Crippen molar-refractivity contribution in [2.75, 3.05) is 0 Å². The highest BCUT2D eigenvalue weighted by Gasteiger charge is 2.14. The second-order valence-electron chi connectivity index (χ2n) is 4.59. The Labute approximate surface area is 98.9 Å². The van der Waals surface area contributed by atoms with Gasteiger partial charge in [0.2, 0.25) is 0 Å². The Kier molecular flexibility index (Phi) is 6.14. The topological polar surface area (TPSA) is 0 Å². The summed E-state index contributed by atoms with van der Waals surface area (Å²) in [7, 11) is 0. The van der Waals surface area contributed by atoms with Gasteiger partial charge in [-0.2, -0.15) is 0 Å². The van der Waals surface area contributed by atoms with Gasteiger partial charge in [0.15, 0.2) is 0 Å². The average Bonchev–Trinajstić information content (AvgIpc) is 2.32. The van der Waals surface area contributed by atoms with Crippen LogP contribution in [0, 0.1) is 5.82 Å². The van der Waals surface area contributed by atoms with Crippen LogP contribution in [0.15, 0.2) is 24.3 Å². The van der Waals surface area contributed by atoms with Crippen LogP contribution < -0.4 is 0 Å². The van der Waals surface area contributed by atoms with Crippen molar-refractivity contribution in [3.63, 3.8) is 0 Å². The van der Waals surface area contributed by atoms with E-state index >= 15 is 0 Å². The molecule has 0 nitrogen and oxygen atoms in total. The molecule has 1 fully saturated rings. The van der Waals surface area contributed by atoms with E-state index in [-0.39, 0.29) is 5.82 Å². The van der Waals surface area contributed by atoms with Crippen LogP contribution in [-0.2, 0) is 0 Å². The first-order chi connectivity index (χ1) is 7.77. The molecular weight excluding hydrogens is 199 g/mol. The van der Waals surface area contributed by atoms with Crippen LogP contribution in [0.2, 0.25) is 0 Å². The zero-order chi connectivity index (χ0) is 11.8. The molecule has 1 heteroatoms. The molecule has 0 aromatic heterocycles. The van der Waals surface area contributed by atoms with Crippen LogP contribution in [0.5, 0.6) is 0 Å². The Morgan fingerprint density at radius 3 is 2.00 bits per heavy atom. The van der Waals surface area contributed by atoms with Gasteiger partial charge in [0.05, 0.1) is 0 Å². The quantitative estimate of drug-likeness (QED) is 0.605. The molecule has 0 unspecified atom stereocenters. The van der Waals surface area contributed by atoms with Crippen molar-refractivity contribution in [1.29, 1.82) is 0 Å². The lowest BCUT2D eigenvalue weighted by Gasteiger charge is -2.21. The molecule has 0 amide bonds. The van der Waals surface area contributed by atoms with Gasteiger partial charge in [0.1, 0.15) is 5.82 Å². The largest absolute Gasteiger partial charge is 0.207 e. The minimum Gasteiger partial charge on any atom is -0.207 e. The average molecular weight is 222 g/mol. The number of hydrogen-bond donors (Lipinski definition) is 0. The minimum atomic E-state index is -0.125. The molecule has 1 saturated carbocycles. The lowest BCUT2D eigenvalue weighted by molar-refractivity contribution is 0.443. The zero-order valence-corrected chi connectivity index (χ0v) is 10.5. The SMILES string of the molecule is CCC.Fc1ccc(C2CCCCC2)cc1. The molecule has 0 spiro atoms. The second kappa shape index (κ2) is 7.43. The molecule has 0 N–H and O–H groups in total. The Morgan fingerprint density at radius 1 is 1.00 bits per heavy atom. The van der Waals surface area contributed by atoms with Crippen molar-refractivity contribution < 1.29 is 4.39 Å². The summed E-state index contributed by atoms with van der Waals surface area (Å²) < 4.78 is 12.7. The fourth-order valence-electron chi connectivity index (χ4n) is 2.17. The molecule has 2 rings (SSSR count). The van der Waals surface area contributed by atoms with Gasteiger partial charge in [0, 0.05) is 0 Å². The first kappa shape index (κ1) is 13.2. The van der Waals surface area contributed by atoms with Crippen molar-refractivity contribution in [2.24, 2.45) is 0 Å². The molecule has 0 bridgehead atoms. The summed E-state index contributed by atoms with van der Waals surface area (Å²) in [6.45, 7) is 4.25. The Balaban J connectivity index is 0.000000386. The van der Waals surface area contributed by atoms with Gasteiger partial charge in [0.25, 0.3) is 0 Å². The molecule has 0 heterocycles. The van der Waals surface area contributed by atoms with E-state index in [0.29, 0.717) is 5.92 Å². The summed E-state index contributed by atoms with van der Waals surface area (Å²) in [5.41, 5.74) is 1.32. The summed E-state index contributed by atoms with van der Waals surface area (Å²) in [6.07, 6.45) is 7.86. The zero-order valence-electron chi connectivity index (χ0n) is 10.5. The Hall–Kier alpha value is -0.850. The fourth-order valence-corrected chi connectivity index (χ4v) is 2.17. The summed E-state index contributed by atoms with van der Waals surface area (Å²) in [5.74, 6) is 0.564. The Morgan fingerprint density at radius 2 is 1.50 bits per heavy atom. The van der Waals surface area contributed by atoms with Crippen LogP contribution in [0.1, 0.15) is 63.9 Å². The maximum Gasteiger partial charge on any atom is 0.123 e. The molecule has 0 aliphatic heterocycles. The predicted molar refractivity (Wildman–Crippen MR) is 68.2 cm³/mol. The molecule has 0 saturated heterocycles. The van der Waals surface area contributed by atoms with Crippen LogP contribution in [0.25, 0.3) is 0 Å². The van der Waals surface area contributed by atoms with Crippen molar-refractivity contribution >= 4 is 0 Å². The molecule has 90 valence electrons.